The molecule has 0 bridgehead atoms. The zero-order valence-corrected chi connectivity index (χ0v) is 10.5. The summed E-state index contributed by atoms with van der Waals surface area (Å²) in [4.78, 5) is 14.0. The van der Waals surface area contributed by atoms with E-state index in [4.69, 9.17) is 5.26 Å². The number of nitriles is 1. The standard InChI is InChI=1S/C14H17N3O/c1-11-14(18)17(8-4-7-16-11)10-13-6-3-2-5-12(13)9-15/h2-3,5-6,11,16H,4,7-8,10H2,1H3. The molecule has 1 aliphatic rings. The van der Waals surface area contributed by atoms with Gasteiger partial charge in [-0.25, -0.2) is 0 Å². The van der Waals surface area contributed by atoms with Crippen LogP contribution in [0.5, 0.6) is 0 Å². The topological polar surface area (TPSA) is 56.1 Å². The number of carbonyl (C=O) groups is 1. The molecular weight excluding hydrogens is 226 g/mol. The molecule has 1 aromatic carbocycles. The van der Waals surface area contributed by atoms with Crippen LogP contribution in [0.4, 0.5) is 0 Å². The third kappa shape index (κ3) is 2.69. The molecular formula is C14H17N3O. The van der Waals surface area contributed by atoms with E-state index in [0.717, 1.165) is 25.1 Å². The van der Waals surface area contributed by atoms with Gasteiger partial charge in [-0.15, -0.1) is 0 Å². The summed E-state index contributed by atoms with van der Waals surface area (Å²) in [6.07, 6.45) is 0.949. The van der Waals surface area contributed by atoms with Crippen LogP contribution in [0.15, 0.2) is 24.3 Å². The summed E-state index contributed by atoms with van der Waals surface area (Å²) in [5.74, 6) is 0.111. The molecule has 1 aliphatic heterocycles. The van der Waals surface area contributed by atoms with Crippen molar-refractivity contribution < 1.29 is 4.79 Å². The SMILES string of the molecule is CC1NCCCN(Cc2ccccc2C#N)C1=O. The van der Waals surface area contributed by atoms with Crippen LogP contribution in [0.1, 0.15) is 24.5 Å². The number of rotatable bonds is 2. The Bertz CT molecular complexity index is 478. The Morgan fingerprint density at radius 1 is 1.50 bits per heavy atom. The quantitative estimate of drug-likeness (QED) is 0.851. The fourth-order valence-corrected chi connectivity index (χ4v) is 2.19. The summed E-state index contributed by atoms with van der Waals surface area (Å²) in [6, 6.07) is 9.49. The molecule has 0 radical (unpaired) electrons. The van der Waals surface area contributed by atoms with Gasteiger partial charge in [0.2, 0.25) is 5.91 Å². The van der Waals surface area contributed by atoms with Crippen LogP contribution in [0.2, 0.25) is 0 Å². The summed E-state index contributed by atoms with van der Waals surface area (Å²) in [5, 5.41) is 12.2. The van der Waals surface area contributed by atoms with E-state index < -0.39 is 0 Å². The Kier molecular flexibility index (Phi) is 3.96. The van der Waals surface area contributed by atoms with E-state index in [-0.39, 0.29) is 11.9 Å². The molecule has 1 unspecified atom stereocenters. The number of amides is 1. The van der Waals surface area contributed by atoms with Crippen LogP contribution in [-0.2, 0) is 11.3 Å². The van der Waals surface area contributed by atoms with Crippen molar-refractivity contribution in [3.63, 3.8) is 0 Å². The van der Waals surface area contributed by atoms with Crippen molar-refractivity contribution >= 4 is 5.91 Å². The van der Waals surface area contributed by atoms with Gasteiger partial charge in [0.05, 0.1) is 17.7 Å². The van der Waals surface area contributed by atoms with Crippen molar-refractivity contribution in [1.29, 1.82) is 5.26 Å². The van der Waals surface area contributed by atoms with Crippen LogP contribution in [0, 0.1) is 11.3 Å². The lowest BCUT2D eigenvalue weighted by molar-refractivity contribution is -0.132. The Morgan fingerprint density at radius 3 is 3.06 bits per heavy atom. The molecule has 0 aromatic heterocycles. The van der Waals surface area contributed by atoms with E-state index in [1.54, 1.807) is 6.07 Å². The minimum atomic E-state index is -0.137. The predicted molar refractivity (Wildman–Crippen MR) is 68.7 cm³/mol. The molecule has 1 fully saturated rings. The molecule has 1 amide bonds. The van der Waals surface area contributed by atoms with E-state index in [1.807, 2.05) is 30.0 Å². The maximum atomic E-state index is 12.1. The van der Waals surface area contributed by atoms with Gasteiger partial charge in [-0.05, 0) is 31.5 Å². The first-order valence-corrected chi connectivity index (χ1v) is 6.22. The van der Waals surface area contributed by atoms with Gasteiger partial charge in [-0.1, -0.05) is 18.2 Å². The van der Waals surface area contributed by atoms with Crippen molar-refractivity contribution in [2.45, 2.75) is 25.9 Å². The van der Waals surface area contributed by atoms with Crippen LogP contribution in [-0.4, -0.2) is 29.9 Å². The van der Waals surface area contributed by atoms with E-state index in [1.165, 1.54) is 0 Å². The van der Waals surface area contributed by atoms with Crippen LogP contribution >= 0.6 is 0 Å². The summed E-state index contributed by atoms with van der Waals surface area (Å²) in [7, 11) is 0. The lowest BCUT2D eigenvalue weighted by atomic mass is 10.1. The second-order valence-corrected chi connectivity index (χ2v) is 4.56. The smallest absolute Gasteiger partial charge is 0.239 e. The zero-order valence-electron chi connectivity index (χ0n) is 10.5. The van der Waals surface area contributed by atoms with Crippen molar-refractivity contribution in [2.75, 3.05) is 13.1 Å². The summed E-state index contributed by atoms with van der Waals surface area (Å²) >= 11 is 0. The average Bonchev–Trinajstić information content (AvgIpc) is 2.55. The van der Waals surface area contributed by atoms with Gasteiger partial charge in [0.25, 0.3) is 0 Å². The first-order valence-electron chi connectivity index (χ1n) is 6.22. The van der Waals surface area contributed by atoms with E-state index in [9.17, 15) is 4.79 Å². The maximum absolute atomic E-state index is 12.1. The molecule has 0 spiro atoms. The van der Waals surface area contributed by atoms with Crippen LogP contribution < -0.4 is 5.32 Å². The number of carbonyl (C=O) groups excluding carboxylic acids is 1. The summed E-state index contributed by atoms with van der Waals surface area (Å²) in [6.45, 7) is 4.02. The Balaban J connectivity index is 2.17. The lowest BCUT2D eigenvalue weighted by Gasteiger charge is -2.23. The van der Waals surface area contributed by atoms with Crippen LogP contribution in [0.25, 0.3) is 0 Å². The van der Waals surface area contributed by atoms with Crippen LogP contribution in [0.3, 0.4) is 0 Å². The predicted octanol–water partition coefficient (Wildman–Crippen LogP) is 1.27. The number of nitrogens with zero attached hydrogens (tertiary/aromatic N) is 2. The molecule has 1 N–H and O–H groups in total. The van der Waals surface area contributed by atoms with Gasteiger partial charge in [-0.2, -0.15) is 5.26 Å². The Labute approximate surface area is 107 Å². The first-order chi connectivity index (χ1) is 8.72. The molecule has 1 saturated heterocycles. The monoisotopic (exact) mass is 243 g/mol. The van der Waals surface area contributed by atoms with E-state index in [0.29, 0.717) is 12.1 Å². The highest BCUT2D eigenvalue weighted by molar-refractivity contribution is 5.81. The summed E-state index contributed by atoms with van der Waals surface area (Å²) < 4.78 is 0. The van der Waals surface area contributed by atoms with Crippen molar-refractivity contribution in [1.82, 2.24) is 10.2 Å². The molecule has 1 heterocycles. The minimum Gasteiger partial charge on any atom is -0.337 e. The highest BCUT2D eigenvalue weighted by Gasteiger charge is 2.23. The van der Waals surface area contributed by atoms with Gasteiger partial charge in [-0.3, -0.25) is 4.79 Å². The minimum absolute atomic E-state index is 0.111. The lowest BCUT2D eigenvalue weighted by Crippen LogP contribution is -2.41. The molecule has 4 nitrogen and oxygen atoms in total. The molecule has 4 heteroatoms. The van der Waals surface area contributed by atoms with E-state index in [2.05, 4.69) is 11.4 Å². The van der Waals surface area contributed by atoms with E-state index >= 15 is 0 Å². The fraction of sp³-hybridized carbons (Fsp3) is 0.429. The highest BCUT2D eigenvalue weighted by atomic mass is 16.2. The van der Waals surface area contributed by atoms with Crippen molar-refractivity contribution in [2.24, 2.45) is 0 Å². The average molecular weight is 243 g/mol. The second kappa shape index (κ2) is 5.65. The highest BCUT2D eigenvalue weighted by Crippen LogP contribution is 2.13. The first kappa shape index (κ1) is 12.6. The van der Waals surface area contributed by atoms with Crippen molar-refractivity contribution in [3.8, 4) is 6.07 Å². The number of hydrogen-bond acceptors (Lipinski definition) is 3. The molecule has 0 saturated carbocycles. The summed E-state index contributed by atoms with van der Waals surface area (Å²) in [5.41, 5.74) is 1.57. The number of nitrogens with one attached hydrogen (secondary N) is 1. The third-order valence-corrected chi connectivity index (χ3v) is 3.24. The Morgan fingerprint density at radius 2 is 2.28 bits per heavy atom. The normalized spacial score (nSPS) is 20.3. The maximum Gasteiger partial charge on any atom is 0.239 e. The Hall–Kier alpha value is -1.86. The van der Waals surface area contributed by atoms with Gasteiger partial charge in [0, 0.05) is 13.1 Å². The molecule has 1 atom stereocenters. The van der Waals surface area contributed by atoms with Gasteiger partial charge in [0.1, 0.15) is 0 Å². The number of benzene rings is 1. The molecule has 94 valence electrons. The molecule has 2 rings (SSSR count). The fourth-order valence-electron chi connectivity index (χ4n) is 2.19. The number of hydrogen-bond donors (Lipinski definition) is 1. The van der Waals surface area contributed by atoms with Gasteiger partial charge < -0.3 is 10.2 Å². The third-order valence-electron chi connectivity index (χ3n) is 3.24. The van der Waals surface area contributed by atoms with Gasteiger partial charge >= 0.3 is 0 Å². The van der Waals surface area contributed by atoms with Crippen molar-refractivity contribution in [3.05, 3.63) is 35.4 Å². The molecule has 0 aliphatic carbocycles. The zero-order chi connectivity index (χ0) is 13.0. The molecule has 18 heavy (non-hydrogen) atoms. The second-order valence-electron chi connectivity index (χ2n) is 4.56. The van der Waals surface area contributed by atoms with Gasteiger partial charge in [0.15, 0.2) is 0 Å². The molecule has 1 aromatic rings. The largest absolute Gasteiger partial charge is 0.337 e.